The van der Waals surface area contributed by atoms with Gasteiger partial charge in [0, 0.05) is 31.4 Å². The van der Waals surface area contributed by atoms with Crippen LogP contribution in [0.15, 0.2) is 24.3 Å². The molecule has 4 heteroatoms. The number of para-hydroxylation sites is 1. The molecular weight excluding hydrogens is 214 g/mol. The Hall–Kier alpha value is -1.39. The van der Waals surface area contributed by atoms with Gasteiger partial charge in [-0.05, 0) is 18.1 Å². The van der Waals surface area contributed by atoms with E-state index in [1.54, 1.807) is 0 Å². The molecule has 0 unspecified atom stereocenters. The number of hydrogen-bond donors (Lipinski definition) is 1. The summed E-state index contributed by atoms with van der Waals surface area (Å²) >= 11 is 0. The van der Waals surface area contributed by atoms with Crippen LogP contribution in [0.1, 0.15) is 5.56 Å². The topological polar surface area (TPSA) is 49.6 Å². The van der Waals surface area contributed by atoms with Gasteiger partial charge in [-0.1, -0.05) is 18.2 Å². The number of amides is 1. The Morgan fingerprint density at radius 1 is 1.35 bits per heavy atom. The summed E-state index contributed by atoms with van der Waals surface area (Å²) in [5, 5.41) is 0. The van der Waals surface area contributed by atoms with Gasteiger partial charge in [-0.15, -0.1) is 0 Å². The molecule has 0 atom stereocenters. The second-order valence-corrected chi connectivity index (χ2v) is 4.88. The number of nitrogens with zero attached hydrogens (tertiary/aromatic N) is 2. The van der Waals surface area contributed by atoms with Gasteiger partial charge in [-0.2, -0.15) is 0 Å². The second-order valence-electron chi connectivity index (χ2n) is 4.88. The fourth-order valence-electron chi connectivity index (χ4n) is 2.61. The molecule has 0 radical (unpaired) electrons. The molecule has 2 N–H and O–H groups in total. The maximum absolute atomic E-state index is 12.2. The average Bonchev–Trinajstić information content (AvgIpc) is 2.70. The number of likely N-dealkylation sites (tertiary alicyclic amines) is 1. The first-order valence-electron chi connectivity index (χ1n) is 6.10. The summed E-state index contributed by atoms with van der Waals surface area (Å²) in [7, 11) is 0. The molecule has 17 heavy (non-hydrogen) atoms. The quantitative estimate of drug-likeness (QED) is 0.792. The van der Waals surface area contributed by atoms with Gasteiger partial charge >= 0.3 is 0 Å². The van der Waals surface area contributed by atoms with Crippen LogP contribution in [-0.2, 0) is 11.2 Å². The molecule has 0 aliphatic carbocycles. The molecule has 0 bridgehead atoms. The third kappa shape index (κ3) is 1.94. The molecule has 1 saturated heterocycles. The molecule has 0 saturated carbocycles. The number of benzene rings is 1. The van der Waals surface area contributed by atoms with E-state index in [0.29, 0.717) is 6.54 Å². The van der Waals surface area contributed by atoms with E-state index in [0.717, 1.165) is 31.7 Å². The minimum absolute atomic E-state index is 0.196. The van der Waals surface area contributed by atoms with Crippen molar-refractivity contribution in [1.82, 2.24) is 4.90 Å². The van der Waals surface area contributed by atoms with E-state index in [1.807, 2.05) is 23.1 Å². The maximum atomic E-state index is 12.2. The van der Waals surface area contributed by atoms with Crippen molar-refractivity contribution in [1.29, 1.82) is 0 Å². The van der Waals surface area contributed by atoms with Crippen LogP contribution in [-0.4, -0.2) is 43.0 Å². The zero-order chi connectivity index (χ0) is 11.8. The monoisotopic (exact) mass is 231 g/mol. The summed E-state index contributed by atoms with van der Waals surface area (Å²) in [6, 6.07) is 8.41. The SMILES string of the molecule is NC1CN(CC(=O)N2CCc3ccccc32)C1. The number of carbonyl (C=O) groups is 1. The minimum atomic E-state index is 0.196. The maximum Gasteiger partial charge on any atom is 0.241 e. The minimum Gasteiger partial charge on any atom is -0.325 e. The van der Waals surface area contributed by atoms with Gasteiger partial charge in [0.1, 0.15) is 0 Å². The lowest BCUT2D eigenvalue weighted by Gasteiger charge is -2.37. The summed E-state index contributed by atoms with van der Waals surface area (Å²) in [6.07, 6.45) is 0.974. The molecule has 2 aliphatic rings. The molecule has 4 nitrogen and oxygen atoms in total. The first-order valence-corrected chi connectivity index (χ1v) is 6.10. The van der Waals surface area contributed by atoms with Crippen LogP contribution >= 0.6 is 0 Å². The molecular formula is C13H17N3O. The van der Waals surface area contributed by atoms with Gasteiger partial charge in [0.15, 0.2) is 0 Å². The first-order chi connectivity index (χ1) is 8.24. The largest absolute Gasteiger partial charge is 0.325 e. The second kappa shape index (κ2) is 4.13. The predicted octanol–water partition coefficient (Wildman–Crippen LogP) is 0.219. The van der Waals surface area contributed by atoms with Crippen LogP contribution in [0.3, 0.4) is 0 Å². The highest BCUT2D eigenvalue weighted by molar-refractivity contribution is 5.96. The van der Waals surface area contributed by atoms with Crippen LogP contribution in [0.2, 0.25) is 0 Å². The van der Waals surface area contributed by atoms with Crippen LogP contribution in [0.25, 0.3) is 0 Å². The van der Waals surface area contributed by atoms with Gasteiger partial charge in [-0.3, -0.25) is 9.69 Å². The van der Waals surface area contributed by atoms with Gasteiger partial charge in [-0.25, -0.2) is 0 Å². The third-order valence-corrected chi connectivity index (χ3v) is 3.53. The van der Waals surface area contributed by atoms with Crippen molar-refractivity contribution in [2.45, 2.75) is 12.5 Å². The highest BCUT2D eigenvalue weighted by atomic mass is 16.2. The van der Waals surface area contributed by atoms with Crippen LogP contribution in [0, 0.1) is 0 Å². The van der Waals surface area contributed by atoms with E-state index >= 15 is 0 Å². The lowest BCUT2D eigenvalue weighted by Crippen LogP contribution is -2.58. The van der Waals surface area contributed by atoms with Crippen LogP contribution in [0.5, 0.6) is 0 Å². The molecule has 1 amide bonds. The van der Waals surface area contributed by atoms with Crippen LogP contribution < -0.4 is 10.6 Å². The van der Waals surface area contributed by atoms with Gasteiger partial charge in [0.2, 0.25) is 5.91 Å². The summed E-state index contributed by atoms with van der Waals surface area (Å²) in [5.41, 5.74) is 8.07. The molecule has 0 aromatic heterocycles. The van der Waals surface area contributed by atoms with Crippen molar-refractivity contribution in [3.05, 3.63) is 29.8 Å². The molecule has 2 heterocycles. The van der Waals surface area contributed by atoms with Gasteiger partial charge < -0.3 is 10.6 Å². The number of hydrogen-bond acceptors (Lipinski definition) is 3. The molecule has 3 rings (SSSR count). The van der Waals surface area contributed by atoms with Crippen molar-refractivity contribution in [2.24, 2.45) is 5.73 Å². The lowest BCUT2D eigenvalue weighted by atomic mass is 10.1. The number of fused-ring (bicyclic) bond motifs is 1. The number of rotatable bonds is 2. The van der Waals surface area contributed by atoms with Crippen molar-refractivity contribution in [3.63, 3.8) is 0 Å². The van der Waals surface area contributed by atoms with E-state index in [2.05, 4.69) is 11.0 Å². The Morgan fingerprint density at radius 2 is 2.12 bits per heavy atom. The molecule has 0 spiro atoms. The van der Waals surface area contributed by atoms with E-state index in [-0.39, 0.29) is 11.9 Å². The van der Waals surface area contributed by atoms with Crippen molar-refractivity contribution in [2.75, 3.05) is 31.1 Å². The van der Waals surface area contributed by atoms with E-state index in [9.17, 15) is 4.79 Å². The van der Waals surface area contributed by atoms with Gasteiger partial charge in [0.25, 0.3) is 0 Å². The Balaban J connectivity index is 1.67. The first kappa shape index (κ1) is 10.7. The smallest absolute Gasteiger partial charge is 0.241 e. The molecule has 1 aromatic rings. The molecule has 1 fully saturated rings. The summed E-state index contributed by atoms with van der Waals surface area (Å²) in [4.78, 5) is 16.2. The Labute approximate surface area is 101 Å². The fourth-order valence-corrected chi connectivity index (χ4v) is 2.61. The summed E-state index contributed by atoms with van der Waals surface area (Å²) in [6.45, 7) is 3.02. The Kier molecular flexibility index (Phi) is 2.61. The number of carbonyl (C=O) groups excluding carboxylic acids is 1. The fraction of sp³-hybridized carbons (Fsp3) is 0.462. The van der Waals surface area contributed by atoms with E-state index in [1.165, 1.54) is 5.56 Å². The zero-order valence-corrected chi connectivity index (χ0v) is 9.80. The molecule has 90 valence electrons. The zero-order valence-electron chi connectivity index (χ0n) is 9.80. The average molecular weight is 231 g/mol. The van der Waals surface area contributed by atoms with Crippen LogP contribution in [0.4, 0.5) is 5.69 Å². The van der Waals surface area contributed by atoms with Crippen molar-refractivity contribution >= 4 is 11.6 Å². The summed E-state index contributed by atoms with van der Waals surface area (Å²) in [5.74, 6) is 0.196. The normalized spacial score (nSPS) is 20.2. The number of anilines is 1. The standard InChI is InChI=1S/C13H17N3O/c14-11-7-15(8-11)9-13(17)16-6-5-10-3-1-2-4-12(10)16/h1-4,11H,5-9,14H2. The Morgan fingerprint density at radius 3 is 2.88 bits per heavy atom. The third-order valence-electron chi connectivity index (χ3n) is 3.53. The van der Waals surface area contributed by atoms with E-state index in [4.69, 9.17) is 5.73 Å². The molecule has 2 aliphatic heterocycles. The highest BCUT2D eigenvalue weighted by Gasteiger charge is 2.29. The lowest BCUT2D eigenvalue weighted by molar-refractivity contribution is -0.120. The number of nitrogens with two attached hydrogens (primary N) is 1. The summed E-state index contributed by atoms with van der Waals surface area (Å²) < 4.78 is 0. The van der Waals surface area contributed by atoms with Gasteiger partial charge in [0.05, 0.1) is 6.54 Å². The predicted molar refractivity (Wildman–Crippen MR) is 66.9 cm³/mol. The van der Waals surface area contributed by atoms with Crippen molar-refractivity contribution < 1.29 is 4.79 Å². The Bertz CT molecular complexity index is 440. The molecule has 1 aromatic carbocycles. The van der Waals surface area contributed by atoms with Crippen molar-refractivity contribution in [3.8, 4) is 0 Å². The van der Waals surface area contributed by atoms with E-state index < -0.39 is 0 Å². The highest BCUT2D eigenvalue weighted by Crippen LogP contribution is 2.27.